The van der Waals surface area contributed by atoms with Crippen molar-refractivity contribution in [2.45, 2.75) is 32.6 Å². The summed E-state index contributed by atoms with van der Waals surface area (Å²) in [7, 11) is 0. The van der Waals surface area contributed by atoms with E-state index in [0.717, 1.165) is 32.4 Å². The molecule has 0 unspecified atom stereocenters. The third-order valence-corrected chi connectivity index (χ3v) is 4.62. The molecule has 2 amide bonds. The van der Waals surface area contributed by atoms with E-state index in [4.69, 9.17) is 0 Å². The fourth-order valence-corrected chi connectivity index (χ4v) is 3.26. The fourth-order valence-electron chi connectivity index (χ4n) is 2.51. The minimum atomic E-state index is 0.108. The molecule has 0 aromatic carbocycles. The molecule has 0 radical (unpaired) electrons. The van der Waals surface area contributed by atoms with Crippen molar-refractivity contribution >= 4 is 23.2 Å². The first kappa shape index (κ1) is 15.0. The lowest BCUT2D eigenvalue weighted by Gasteiger charge is -2.21. The standard InChI is InChI=1S/C15H22N2O2S/c1-13(18)16-8-4-9-17(11-10-16)15(19)7-2-5-14-6-3-12-20-14/h3,6,12H,2,4-5,7-11H2,1H3. The topological polar surface area (TPSA) is 40.6 Å². The van der Waals surface area contributed by atoms with Gasteiger partial charge >= 0.3 is 0 Å². The molecule has 0 spiro atoms. The number of hydrogen-bond acceptors (Lipinski definition) is 3. The first-order valence-electron chi connectivity index (χ1n) is 7.22. The first-order valence-corrected chi connectivity index (χ1v) is 8.10. The molecule has 0 aliphatic carbocycles. The molecule has 4 nitrogen and oxygen atoms in total. The van der Waals surface area contributed by atoms with E-state index in [-0.39, 0.29) is 11.8 Å². The number of aryl methyl sites for hydroxylation is 1. The van der Waals surface area contributed by atoms with Crippen LogP contribution in [-0.2, 0) is 16.0 Å². The highest BCUT2D eigenvalue weighted by molar-refractivity contribution is 7.09. The van der Waals surface area contributed by atoms with Crippen molar-refractivity contribution in [2.75, 3.05) is 26.2 Å². The monoisotopic (exact) mass is 294 g/mol. The molecule has 0 N–H and O–H groups in total. The van der Waals surface area contributed by atoms with Crippen LogP contribution in [0, 0.1) is 0 Å². The van der Waals surface area contributed by atoms with E-state index in [0.29, 0.717) is 19.5 Å². The van der Waals surface area contributed by atoms with E-state index in [1.807, 2.05) is 15.9 Å². The zero-order chi connectivity index (χ0) is 14.4. The quantitative estimate of drug-likeness (QED) is 0.854. The number of rotatable bonds is 4. The summed E-state index contributed by atoms with van der Waals surface area (Å²) in [6.07, 6.45) is 3.39. The maximum atomic E-state index is 12.2. The van der Waals surface area contributed by atoms with Crippen LogP contribution in [0.1, 0.15) is 31.1 Å². The molecule has 2 heterocycles. The van der Waals surface area contributed by atoms with Crippen molar-refractivity contribution in [3.8, 4) is 0 Å². The van der Waals surface area contributed by atoms with Gasteiger partial charge in [0.15, 0.2) is 0 Å². The normalized spacial score (nSPS) is 16.1. The molecule has 1 saturated heterocycles. The summed E-state index contributed by atoms with van der Waals surface area (Å²) >= 11 is 1.75. The summed E-state index contributed by atoms with van der Waals surface area (Å²) in [5.74, 6) is 0.337. The Morgan fingerprint density at radius 3 is 2.65 bits per heavy atom. The number of carbonyl (C=O) groups is 2. The Morgan fingerprint density at radius 1 is 1.20 bits per heavy atom. The molecule has 5 heteroatoms. The second-order valence-corrected chi connectivity index (χ2v) is 6.21. The van der Waals surface area contributed by atoms with E-state index in [1.165, 1.54) is 4.88 Å². The summed E-state index contributed by atoms with van der Waals surface area (Å²) in [5, 5.41) is 2.07. The van der Waals surface area contributed by atoms with E-state index in [2.05, 4.69) is 11.4 Å². The van der Waals surface area contributed by atoms with Crippen molar-refractivity contribution in [3.63, 3.8) is 0 Å². The van der Waals surface area contributed by atoms with Gasteiger partial charge in [-0.05, 0) is 30.7 Å². The largest absolute Gasteiger partial charge is 0.341 e. The number of carbonyl (C=O) groups excluding carboxylic acids is 2. The molecule has 1 aliphatic rings. The van der Waals surface area contributed by atoms with Gasteiger partial charge in [-0.25, -0.2) is 0 Å². The summed E-state index contributed by atoms with van der Waals surface area (Å²) in [4.78, 5) is 28.6. The van der Waals surface area contributed by atoms with Gasteiger partial charge in [-0.2, -0.15) is 0 Å². The van der Waals surface area contributed by atoms with Crippen LogP contribution in [0.15, 0.2) is 17.5 Å². The highest BCUT2D eigenvalue weighted by Crippen LogP contribution is 2.13. The van der Waals surface area contributed by atoms with Crippen LogP contribution in [0.2, 0.25) is 0 Å². The number of thiophene rings is 1. The molecular formula is C15H22N2O2S. The van der Waals surface area contributed by atoms with Gasteiger partial charge in [-0.15, -0.1) is 11.3 Å². The Kier molecular flexibility index (Phi) is 5.59. The smallest absolute Gasteiger partial charge is 0.222 e. The Balaban J connectivity index is 1.73. The zero-order valence-electron chi connectivity index (χ0n) is 12.0. The average Bonchev–Trinajstić information content (AvgIpc) is 2.80. The van der Waals surface area contributed by atoms with Crippen molar-refractivity contribution in [1.82, 2.24) is 9.80 Å². The zero-order valence-corrected chi connectivity index (χ0v) is 12.8. The van der Waals surface area contributed by atoms with Crippen molar-refractivity contribution < 1.29 is 9.59 Å². The third kappa shape index (κ3) is 4.34. The summed E-state index contributed by atoms with van der Waals surface area (Å²) in [5.41, 5.74) is 0. The second-order valence-electron chi connectivity index (χ2n) is 5.17. The van der Waals surface area contributed by atoms with Gasteiger partial charge in [-0.1, -0.05) is 6.07 Å². The Morgan fingerprint density at radius 2 is 1.95 bits per heavy atom. The van der Waals surface area contributed by atoms with Crippen molar-refractivity contribution in [3.05, 3.63) is 22.4 Å². The molecular weight excluding hydrogens is 272 g/mol. The summed E-state index contributed by atoms with van der Waals surface area (Å²) in [6.45, 7) is 4.50. The lowest BCUT2D eigenvalue weighted by molar-refractivity contribution is -0.132. The molecule has 20 heavy (non-hydrogen) atoms. The first-order chi connectivity index (χ1) is 9.66. The number of nitrogens with zero attached hydrogens (tertiary/aromatic N) is 2. The third-order valence-electron chi connectivity index (χ3n) is 3.69. The van der Waals surface area contributed by atoms with E-state index < -0.39 is 0 Å². The molecule has 0 atom stereocenters. The Labute approximate surface area is 124 Å². The van der Waals surface area contributed by atoms with Gasteiger partial charge < -0.3 is 9.80 Å². The van der Waals surface area contributed by atoms with Crippen LogP contribution >= 0.6 is 11.3 Å². The number of hydrogen-bond donors (Lipinski definition) is 0. The highest BCUT2D eigenvalue weighted by Gasteiger charge is 2.19. The van der Waals surface area contributed by atoms with Crippen molar-refractivity contribution in [1.29, 1.82) is 0 Å². The van der Waals surface area contributed by atoms with Gasteiger partial charge in [0.2, 0.25) is 11.8 Å². The highest BCUT2D eigenvalue weighted by atomic mass is 32.1. The minimum Gasteiger partial charge on any atom is -0.341 e. The average molecular weight is 294 g/mol. The summed E-state index contributed by atoms with van der Waals surface area (Å²) in [6, 6.07) is 4.17. The van der Waals surface area contributed by atoms with Gasteiger partial charge in [0.25, 0.3) is 0 Å². The van der Waals surface area contributed by atoms with Gasteiger partial charge in [0.1, 0.15) is 0 Å². The SMILES string of the molecule is CC(=O)N1CCCN(C(=O)CCCc2cccs2)CC1. The lowest BCUT2D eigenvalue weighted by atomic mass is 10.2. The molecule has 0 saturated carbocycles. The maximum absolute atomic E-state index is 12.2. The van der Waals surface area contributed by atoms with E-state index in [9.17, 15) is 9.59 Å². The van der Waals surface area contributed by atoms with E-state index >= 15 is 0 Å². The Bertz CT molecular complexity index is 445. The van der Waals surface area contributed by atoms with Crippen LogP contribution < -0.4 is 0 Å². The molecule has 1 aromatic heterocycles. The van der Waals surface area contributed by atoms with Crippen LogP contribution in [0.4, 0.5) is 0 Å². The van der Waals surface area contributed by atoms with Gasteiger partial charge in [0.05, 0.1) is 0 Å². The predicted molar refractivity (Wildman–Crippen MR) is 80.7 cm³/mol. The second kappa shape index (κ2) is 7.43. The van der Waals surface area contributed by atoms with Gasteiger partial charge in [0, 0.05) is 44.4 Å². The predicted octanol–water partition coefficient (Wildman–Crippen LogP) is 2.15. The van der Waals surface area contributed by atoms with Crippen molar-refractivity contribution in [2.24, 2.45) is 0 Å². The van der Waals surface area contributed by atoms with E-state index in [1.54, 1.807) is 18.3 Å². The lowest BCUT2D eigenvalue weighted by Crippen LogP contribution is -2.36. The van der Waals surface area contributed by atoms with Crippen LogP contribution in [-0.4, -0.2) is 47.8 Å². The molecule has 2 rings (SSSR count). The maximum Gasteiger partial charge on any atom is 0.222 e. The Hall–Kier alpha value is -1.36. The molecule has 1 fully saturated rings. The molecule has 1 aromatic rings. The van der Waals surface area contributed by atoms with Gasteiger partial charge in [-0.3, -0.25) is 9.59 Å². The molecule has 110 valence electrons. The molecule has 0 bridgehead atoms. The number of amides is 2. The van der Waals surface area contributed by atoms with Crippen LogP contribution in [0.5, 0.6) is 0 Å². The summed E-state index contributed by atoms with van der Waals surface area (Å²) < 4.78 is 0. The van der Waals surface area contributed by atoms with Crippen LogP contribution in [0.25, 0.3) is 0 Å². The van der Waals surface area contributed by atoms with Crippen LogP contribution in [0.3, 0.4) is 0 Å². The molecule has 1 aliphatic heterocycles. The minimum absolute atomic E-state index is 0.108. The fraction of sp³-hybridized carbons (Fsp3) is 0.600.